The van der Waals surface area contributed by atoms with Gasteiger partial charge in [0.1, 0.15) is 11.5 Å². The van der Waals surface area contributed by atoms with Gasteiger partial charge in [-0.1, -0.05) is 35.3 Å². The third kappa shape index (κ3) is 4.77. The molecule has 6 nitrogen and oxygen atoms in total. The Balaban J connectivity index is 2.18. The van der Waals surface area contributed by atoms with Crippen molar-refractivity contribution in [1.29, 1.82) is 0 Å². The van der Waals surface area contributed by atoms with Crippen LogP contribution >= 0.6 is 23.2 Å². The maximum atomic E-state index is 13.1. The quantitative estimate of drug-likeness (QED) is 0.338. The van der Waals surface area contributed by atoms with Crippen LogP contribution in [0.1, 0.15) is 36.6 Å². The van der Waals surface area contributed by atoms with Gasteiger partial charge in [0, 0.05) is 11.6 Å². The molecule has 1 aliphatic heterocycles. The third-order valence-corrected chi connectivity index (χ3v) is 5.69. The molecule has 2 aromatic carbocycles. The van der Waals surface area contributed by atoms with Crippen molar-refractivity contribution in [1.82, 2.24) is 4.90 Å². The number of hydrogen-bond acceptors (Lipinski definition) is 5. The predicted octanol–water partition coefficient (Wildman–Crippen LogP) is 5.16. The number of aliphatic hydroxyl groups excluding tert-OH is 1. The fourth-order valence-electron chi connectivity index (χ4n) is 3.75. The summed E-state index contributed by atoms with van der Waals surface area (Å²) in [5, 5.41) is 12.1. The van der Waals surface area contributed by atoms with Crippen molar-refractivity contribution in [3.8, 4) is 5.75 Å². The molecule has 0 spiro atoms. The minimum atomic E-state index is -0.813. The van der Waals surface area contributed by atoms with Gasteiger partial charge in [-0.05, 0) is 56.2 Å². The van der Waals surface area contributed by atoms with E-state index in [2.05, 4.69) is 0 Å². The number of carbonyl (C=O) groups excluding carboxylic acids is 2. The Labute approximate surface area is 197 Å². The molecule has 0 bridgehead atoms. The monoisotopic (exact) mass is 477 g/mol. The van der Waals surface area contributed by atoms with E-state index in [1.807, 2.05) is 13.8 Å². The van der Waals surface area contributed by atoms with E-state index in [9.17, 15) is 14.7 Å². The summed E-state index contributed by atoms with van der Waals surface area (Å²) < 4.78 is 11.0. The predicted molar refractivity (Wildman–Crippen MR) is 124 cm³/mol. The number of ether oxygens (including phenoxy) is 2. The molecule has 8 heteroatoms. The van der Waals surface area contributed by atoms with E-state index >= 15 is 0 Å². The van der Waals surface area contributed by atoms with Gasteiger partial charge in [0.05, 0.1) is 42.0 Å². The number of halogens is 2. The van der Waals surface area contributed by atoms with Gasteiger partial charge in [-0.15, -0.1) is 0 Å². The number of methoxy groups -OCH3 is 1. The van der Waals surface area contributed by atoms with Crippen LogP contribution in [-0.4, -0.2) is 48.1 Å². The molecule has 1 atom stereocenters. The molecule has 0 aliphatic carbocycles. The maximum absolute atomic E-state index is 13.1. The zero-order valence-corrected chi connectivity index (χ0v) is 19.8. The second-order valence-electron chi connectivity index (χ2n) is 7.79. The van der Waals surface area contributed by atoms with Crippen LogP contribution in [0.2, 0.25) is 10.0 Å². The highest BCUT2D eigenvalue weighted by molar-refractivity contribution is 6.46. The highest BCUT2D eigenvalue weighted by atomic mass is 35.5. The van der Waals surface area contributed by atoms with Crippen molar-refractivity contribution in [2.45, 2.75) is 32.9 Å². The lowest BCUT2D eigenvalue weighted by molar-refractivity contribution is -0.140. The van der Waals surface area contributed by atoms with Gasteiger partial charge < -0.3 is 19.5 Å². The number of likely N-dealkylation sites (tertiary alicyclic amines) is 1. The average molecular weight is 478 g/mol. The molecule has 0 radical (unpaired) electrons. The second-order valence-corrected chi connectivity index (χ2v) is 8.63. The zero-order chi connectivity index (χ0) is 23.6. The summed E-state index contributed by atoms with van der Waals surface area (Å²) in [4.78, 5) is 27.5. The van der Waals surface area contributed by atoms with Crippen molar-refractivity contribution < 1.29 is 24.2 Å². The fraction of sp³-hybridized carbons (Fsp3) is 0.333. The molecule has 1 amide bonds. The van der Waals surface area contributed by atoms with Crippen molar-refractivity contribution >= 4 is 40.7 Å². The molecule has 2 aromatic rings. The Morgan fingerprint density at radius 2 is 1.81 bits per heavy atom. The summed E-state index contributed by atoms with van der Waals surface area (Å²) in [6, 6.07) is 9.33. The Morgan fingerprint density at radius 3 is 2.41 bits per heavy atom. The smallest absolute Gasteiger partial charge is 0.295 e. The number of nitrogens with zero attached hydrogens (tertiary/aromatic N) is 1. The van der Waals surface area contributed by atoms with Crippen molar-refractivity contribution in [3.63, 3.8) is 0 Å². The van der Waals surface area contributed by atoms with E-state index in [1.54, 1.807) is 43.3 Å². The topological polar surface area (TPSA) is 76.1 Å². The molecule has 1 aliphatic rings. The van der Waals surface area contributed by atoms with Gasteiger partial charge in [-0.3, -0.25) is 9.59 Å². The molecule has 1 fully saturated rings. The summed E-state index contributed by atoms with van der Waals surface area (Å²) in [5.74, 6) is -1.62. The Kier molecular flexibility index (Phi) is 7.49. The van der Waals surface area contributed by atoms with E-state index < -0.39 is 17.7 Å². The van der Waals surface area contributed by atoms with Crippen LogP contribution in [0.25, 0.3) is 5.76 Å². The second kappa shape index (κ2) is 9.94. The molecule has 0 saturated carbocycles. The van der Waals surface area contributed by atoms with Crippen molar-refractivity contribution in [3.05, 3.63) is 68.7 Å². The standard InChI is InChI=1S/C24H25Cl2NO5/c1-13(2)32-10-9-27-20(15-5-7-16(25)8-6-15)19(22(29)24(27)30)21(28)17-11-14(3)12-18(26)23(17)31-4/h5-8,11-13,20,28H,9-10H2,1-4H3/b21-19+. The van der Waals surface area contributed by atoms with E-state index in [4.69, 9.17) is 32.7 Å². The van der Waals surface area contributed by atoms with Gasteiger partial charge in [-0.2, -0.15) is 0 Å². The molecule has 1 saturated heterocycles. The van der Waals surface area contributed by atoms with Crippen LogP contribution in [0, 0.1) is 6.92 Å². The van der Waals surface area contributed by atoms with E-state index in [0.717, 1.165) is 5.56 Å². The normalized spacial score (nSPS) is 18.0. The number of ketones is 1. The lowest BCUT2D eigenvalue weighted by Crippen LogP contribution is -2.33. The summed E-state index contributed by atoms with van der Waals surface area (Å²) >= 11 is 12.3. The molecule has 3 rings (SSSR count). The molecular formula is C24H25Cl2NO5. The number of benzene rings is 2. The van der Waals surface area contributed by atoms with Crippen molar-refractivity contribution in [2.24, 2.45) is 0 Å². The first kappa shape index (κ1) is 24.1. The number of hydrogen-bond donors (Lipinski definition) is 1. The first-order chi connectivity index (χ1) is 15.1. The maximum Gasteiger partial charge on any atom is 0.295 e. The number of Topliss-reactive ketones (excluding diaryl/α,β-unsaturated/α-hetero) is 1. The van der Waals surface area contributed by atoms with Crippen LogP contribution in [0.4, 0.5) is 0 Å². The van der Waals surface area contributed by atoms with Crippen LogP contribution < -0.4 is 4.74 Å². The van der Waals surface area contributed by atoms with Gasteiger partial charge in [0.15, 0.2) is 0 Å². The highest BCUT2D eigenvalue weighted by Crippen LogP contribution is 2.42. The number of aliphatic hydroxyl groups is 1. The third-order valence-electron chi connectivity index (χ3n) is 5.16. The average Bonchev–Trinajstić information content (AvgIpc) is 2.98. The summed E-state index contributed by atoms with van der Waals surface area (Å²) in [6.07, 6.45) is -0.0282. The Hall–Kier alpha value is -2.54. The molecular weight excluding hydrogens is 453 g/mol. The minimum Gasteiger partial charge on any atom is -0.507 e. The highest BCUT2D eigenvalue weighted by Gasteiger charge is 2.46. The van der Waals surface area contributed by atoms with Crippen LogP contribution in [-0.2, 0) is 14.3 Å². The van der Waals surface area contributed by atoms with Gasteiger partial charge in [0.25, 0.3) is 11.7 Å². The minimum absolute atomic E-state index is 0.0282. The first-order valence-electron chi connectivity index (χ1n) is 10.2. The summed E-state index contributed by atoms with van der Waals surface area (Å²) in [7, 11) is 1.42. The van der Waals surface area contributed by atoms with Crippen LogP contribution in [0.15, 0.2) is 42.0 Å². The molecule has 1 unspecified atom stereocenters. The Bertz CT molecular complexity index is 1060. The van der Waals surface area contributed by atoms with Gasteiger partial charge >= 0.3 is 0 Å². The molecule has 32 heavy (non-hydrogen) atoms. The zero-order valence-electron chi connectivity index (χ0n) is 18.3. The van der Waals surface area contributed by atoms with Crippen LogP contribution in [0.3, 0.4) is 0 Å². The summed E-state index contributed by atoms with van der Waals surface area (Å²) in [6.45, 7) is 6.00. The Morgan fingerprint density at radius 1 is 1.16 bits per heavy atom. The number of amides is 1. The van der Waals surface area contributed by atoms with Gasteiger partial charge in [-0.25, -0.2) is 0 Å². The van der Waals surface area contributed by atoms with E-state index in [-0.39, 0.29) is 46.9 Å². The summed E-state index contributed by atoms with van der Waals surface area (Å²) in [5.41, 5.74) is 1.60. The fourth-order valence-corrected chi connectivity index (χ4v) is 4.22. The SMILES string of the molecule is COc1c(Cl)cc(C)cc1/C(O)=C1\C(=O)C(=O)N(CCOC(C)C)C1c1ccc(Cl)cc1. The molecule has 170 valence electrons. The molecule has 0 aromatic heterocycles. The lowest BCUT2D eigenvalue weighted by Gasteiger charge is -2.26. The lowest BCUT2D eigenvalue weighted by atomic mass is 9.94. The largest absolute Gasteiger partial charge is 0.507 e. The van der Waals surface area contributed by atoms with Crippen LogP contribution in [0.5, 0.6) is 5.75 Å². The van der Waals surface area contributed by atoms with E-state index in [0.29, 0.717) is 10.6 Å². The molecule has 1 heterocycles. The number of rotatable bonds is 7. The number of aryl methyl sites for hydroxylation is 1. The molecule has 1 N–H and O–H groups in total. The van der Waals surface area contributed by atoms with Gasteiger partial charge in [0.2, 0.25) is 0 Å². The van der Waals surface area contributed by atoms with E-state index in [1.165, 1.54) is 12.0 Å². The first-order valence-corrected chi connectivity index (χ1v) is 10.9. The van der Waals surface area contributed by atoms with Crippen molar-refractivity contribution in [2.75, 3.05) is 20.3 Å². The number of carbonyl (C=O) groups is 2.